The summed E-state index contributed by atoms with van der Waals surface area (Å²) < 4.78 is 0. The summed E-state index contributed by atoms with van der Waals surface area (Å²) in [6, 6.07) is 42.9. The van der Waals surface area contributed by atoms with Gasteiger partial charge in [-0.05, 0) is 16.7 Å². The smallest absolute Gasteiger partial charge is 0.0857 e. The Morgan fingerprint density at radius 1 is 0.423 bits per heavy atom. The summed E-state index contributed by atoms with van der Waals surface area (Å²) in [6.45, 7) is 0. The van der Waals surface area contributed by atoms with Crippen molar-refractivity contribution in [3.05, 3.63) is 138 Å². The van der Waals surface area contributed by atoms with Crippen LogP contribution in [0.1, 0.15) is 18.1 Å². The Bertz CT molecular complexity index is 842. The first-order chi connectivity index (χ1) is 12.9. The molecule has 0 heterocycles. The number of hydrogen-bond donors (Lipinski definition) is 0. The standard InChI is InChI=1S/C25H20B/c1-5-13-21(14-6-1)25(22-15-7-2-8-16-22,23-17-9-3-10-18-23)26-24-19-11-4-12-20-24/h1-20H/p+1. The van der Waals surface area contributed by atoms with E-state index in [0.717, 1.165) is 0 Å². The lowest BCUT2D eigenvalue weighted by Gasteiger charge is -2.36. The fourth-order valence-corrected chi connectivity index (χ4v) is 3.65. The number of benzene rings is 4. The average Bonchev–Trinajstić information content (AvgIpc) is 2.75. The van der Waals surface area contributed by atoms with Gasteiger partial charge in [-0.1, -0.05) is 127 Å². The molecule has 26 heavy (non-hydrogen) atoms. The van der Waals surface area contributed by atoms with Crippen molar-refractivity contribution in [2.45, 2.75) is 5.31 Å². The molecule has 0 aromatic heterocycles. The fourth-order valence-electron chi connectivity index (χ4n) is 3.65. The zero-order valence-corrected chi connectivity index (χ0v) is 14.6. The molecule has 0 saturated heterocycles. The third-order valence-corrected chi connectivity index (χ3v) is 4.87. The summed E-state index contributed by atoms with van der Waals surface area (Å²) in [5.74, 6) is 0. The Morgan fingerprint density at radius 2 is 0.731 bits per heavy atom. The lowest BCUT2D eigenvalue weighted by Crippen LogP contribution is -2.42. The van der Waals surface area contributed by atoms with Crippen molar-refractivity contribution in [2.24, 2.45) is 0 Å². The summed E-state index contributed by atoms with van der Waals surface area (Å²) >= 11 is 0. The Kier molecular flexibility index (Phi) is 4.70. The molecule has 4 aromatic rings. The van der Waals surface area contributed by atoms with Crippen molar-refractivity contribution in [3.63, 3.8) is 0 Å². The molecule has 0 amide bonds. The second-order valence-corrected chi connectivity index (χ2v) is 6.46. The minimum absolute atomic E-state index is 0. The Labute approximate surface area is 157 Å². The molecule has 0 aliphatic carbocycles. The molecule has 123 valence electrons. The molecule has 0 nitrogen and oxygen atoms in total. The van der Waals surface area contributed by atoms with Crippen LogP contribution in [0.15, 0.2) is 121 Å². The van der Waals surface area contributed by atoms with Gasteiger partial charge in [0, 0.05) is 5.31 Å². The highest BCUT2D eigenvalue weighted by atomic mass is 14.3. The van der Waals surface area contributed by atoms with E-state index in [0.29, 0.717) is 0 Å². The van der Waals surface area contributed by atoms with Gasteiger partial charge in [0.1, 0.15) is 0 Å². The highest BCUT2D eigenvalue weighted by molar-refractivity contribution is 6.58. The third-order valence-electron chi connectivity index (χ3n) is 4.87. The summed E-state index contributed by atoms with van der Waals surface area (Å²) in [6.07, 6.45) is 0. The van der Waals surface area contributed by atoms with Gasteiger partial charge in [-0.15, -0.1) is 0 Å². The van der Waals surface area contributed by atoms with Crippen LogP contribution in [0.5, 0.6) is 0 Å². The monoisotopic (exact) mass is 332 g/mol. The molecule has 0 spiro atoms. The highest BCUT2D eigenvalue weighted by Gasteiger charge is 2.36. The van der Waals surface area contributed by atoms with Crippen molar-refractivity contribution < 1.29 is 1.43 Å². The van der Waals surface area contributed by atoms with E-state index in [2.05, 4.69) is 129 Å². The fraction of sp³-hybridized carbons (Fsp3) is 0.0400. The van der Waals surface area contributed by atoms with E-state index in [1.165, 1.54) is 22.2 Å². The molecule has 0 saturated carbocycles. The molecule has 0 bridgehead atoms. The van der Waals surface area contributed by atoms with Crippen LogP contribution in [0, 0.1) is 0 Å². The van der Waals surface area contributed by atoms with Gasteiger partial charge in [-0.2, -0.15) is 0 Å². The van der Waals surface area contributed by atoms with E-state index in [9.17, 15) is 0 Å². The zero-order valence-electron chi connectivity index (χ0n) is 15.6. The second kappa shape index (κ2) is 7.45. The number of rotatable bonds is 5. The van der Waals surface area contributed by atoms with E-state index < -0.39 is 0 Å². The van der Waals surface area contributed by atoms with Crippen molar-refractivity contribution >= 4 is 12.7 Å². The van der Waals surface area contributed by atoms with Crippen LogP contribution in [0.3, 0.4) is 0 Å². The van der Waals surface area contributed by atoms with Gasteiger partial charge >= 0.3 is 1.43 Å². The first-order valence-corrected chi connectivity index (χ1v) is 8.97. The molecule has 0 aliphatic rings. The summed E-state index contributed by atoms with van der Waals surface area (Å²) in [5.41, 5.74) is 5.01. The van der Waals surface area contributed by atoms with E-state index in [1.807, 2.05) is 0 Å². The molecule has 1 radical (unpaired) electrons. The maximum Gasteiger partial charge on any atom is 1.00 e. The van der Waals surface area contributed by atoms with Gasteiger partial charge in [0.2, 0.25) is 0 Å². The molecule has 0 N–H and O–H groups in total. The predicted octanol–water partition coefficient (Wildman–Crippen LogP) is 5.12. The Morgan fingerprint density at radius 3 is 1.08 bits per heavy atom. The van der Waals surface area contributed by atoms with Crippen molar-refractivity contribution in [3.8, 4) is 0 Å². The molecule has 4 rings (SSSR count). The molecular formula is C25H21B+. The quantitative estimate of drug-likeness (QED) is 0.351. The van der Waals surface area contributed by atoms with Crippen LogP contribution >= 0.6 is 0 Å². The maximum atomic E-state index is 2.38. The topological polar surface area (TPSA) is 0 Å². The summed E-state index contributed by atoms with van der Waals surface area (Å²) in [7, 11) is 2.38. The molecule has 0 unspecified atom stereocenters. The van der Waals surface area contributed by atoms with E-state index >= 15 is 0 Å². The largest absolute Gasteiger partial charge is 1.00 e. The Hall–Kier alpha value is -3.06. The predicted molar refractivity (Wildman–Crippen MR) is 112 cm³/mol. The number of hydrogen-bond acceptors (Lipinski definition) is 0. The first-order valence-electron chi connectivity index (χ1n) is 8.97. The second-order valence-electron chi connectivity index (χ2n) is 6.46. The van der Waals surface area contributed by atoms with Crippen molar-refractivity contribution in [1.29, 1.82) is 0 Å². The van der Waals surface area contributed by atoms with Gasteiger partial charge in [0.05, 0.1) is 0 Å². The van der Waals surface area contributed by atoms with Gasteiger partial charge in [-0.25, -0.2) is 0 Å². The molecule has 0 aliphatic heterocycles. The minimum Gasteiger partial charge on any atom is -0.0857 e. The zero-order chi connectivity index (χ0) is 17.7. The van der Waals surface area contributed by atoms with Gasteiger partial charge < -0.3 is 0 Å². The van der Waals surface area contributed by atoms with Crippen LogP contribution in [0.2, 0.25) is 0 Å². The van der Waals surface area contributed by atoms with E-state index in [-0.39, 0.29) is 6.74 Å². The van der Waals surface area contributed by atoms with Crippen LogP contribution < -0.4 is 5.46 Å². The van der Waals surface area contributed by atoms with Crippen LogP contribution in [-0.4, -0.2) is 7.28 Å². The molecule has 0 atom stereocenters. The summed E-state index contributed by atoms with van der Waals surface area (Å²) in [4.78, 5) is 0. The minimum atomic E-state index is -0.342. The molecule has 1 heteroatoms. The average molecular weight is 332 g/mol. The maximum absolute atomic E-state index is 2.38. The summed E-state index contributed by atoms with van der Waals surface area (Å²) in [5, 5.41) is -0.342. The van der Waals surface area contributed by atoms with E-state index in [1.54, 1.807) is 0 Å². The van der Waals surface area contributed by atoms with E-state index in [4.69, 9.17) is 0 Å². The lowest BCUT2D eigenvalue weighted by atomic mass is 9.41. The van der Waals surface area contributed by atoms with Crippen LogP contribution in [-0.2, 0) is 5.31 Å². The van der Waals surface area contributed by atoms with Gasteiger partial charge in [-0.3, -0.25) is 0 Å². The lowest BCUT2D eigenvalue weighted by molar-refractivity contribution is 0.869. The van der Waals surface area contributed by atoms with Crippen LogP contribution in [0.25, 0.3) is 0 Å². The molecule has 4 aromatic carbocycles. The molecular weight excluding hydrogens is 311 g/mol. The van der Waals surface area contributed by atoms with Gasteiger partial charge in [0.25, 0.3) is 0 Å². The highest BCUT2D eigenvalue weighted by Crippen LogP contribution is 2.38. The molecule has 0 fully saturated rings. The SMILES string of the molecule is [B](c1ccccc1)C(c1ccccc1)(c1ccccc1)c1ccccc1.[H+]. The third kappa shape index (κ3) is 3.09. The first kappa shape index (κ1) is 16.4. The van der Waals surface area contributed by atoms with Gasteiger partial charge in [0.15, 0.2) is 7.28 Å². The normalized spacial score (nSPS) is 11.1. The Balaban J connectivity index is 0.00000210. The van der Waals surface area contributed by atoms with Crippen LogP contribution in [0.4, 0.5) is 0 Å². The van der Waals surface area contributed by atoms with Crippen molar-refractivity contribution in [1.82, 2.24) is 0 Å². The van der Waals surface area contributed by atoms with Crippen molar-refractivity contribution in [2.75, 3.05) is 0 Å².